The van der Waals surface area contributed by atoms with E-state index >= 15 is 0 Å². The molecular weight excluding hydrogens is 392 g/mol. The molecule has 0 atom stereocenters. The van der Waals surface area contributed by atoms with Crippen molar-refractivity contribution >= 4 is 51.7 Å². The zero-order valence-corrected chi connectivity index (χ0v) is 18.0. The van der Waals surface area contributed by atoms with Crippen LogP contribution < -0.4 is 4.90 Å². The van der Waals surface area contributed by atoms with Gasteiger partial charge in [0.1, 0.15) is 4.32 Å². The van der Waals surface area contributed by atoms with Gasteiger partial charge >= 0.3 is 0 Å². The summed E-state index contributed by atoms with van der Waals surface area (Å²) in [6, 6.07) is 8.49. The van der Waals surface area contributed by atoms with Crippen molar-refractivity contribution in [2.45, 2.75) is 37.5 Å². The summed E-state index contributed by atoms with van der Waals surface area (Å²) >= 11 is 8.44. The molecule has 27 heavy (non-hydrogen) atoms. The highest BCUT2D eigenvalue weighted by atomic mass is 32.2. The summed E-state index contributed by atoms with van der Waals surface area (Å²) in [4.78, 5) is 18.4. The molecule has 1 aromatic rings. The van der Waals surface area contributed by atoms with Crippen LogP contribution in [0.1, 0.15) is 32.6 Å². The van der Waals surface area contributed by atoms with Crippen molar-refractivity contribution in [2.75, 3.05) is 18.0 Å². The van der Waals surface area contributed by atoms with Gasteiger partial charge in [0.2, 0.25) is 0 Å². The fourth-order valence-electron chi connectivity index (χ4n) is 3.05. The van der Waals surface area contributed by atoms with E-state index < -0.39 is 0 Å². The molecule has 0 radical (unpaired) electrons. The van der Waals surface area contributed by atoms with Gasteiger partial charge in [-0.1, -0.05) is 80.1 Å². The number of thiocarbonyl (C=S) groups is 1. The first kappa shape index (κ1) is 20.2. The second kappa shape index (κ2) is 9.62. The smallest absolute Gasteiger partial charge is 0.266 e. The highest BCUT2D eigenvalue weighted by molar-refractivity contribution is 8.26. The van der Waals surface area contributed by atoms with Crippen LogP contribution in [-0.4, -0.2) is 28.2 Å². The molecule has 3 nitrogen and oxygen atoms in total. The lowest BCUT2D eigenvalue weighted by molar-refractivity contribution is -0.121. The average Bonchev–Trinajstić information content (AvgIpc) is 3.15. The summed E-state index contributed by atoms with van der Waals surface area (Å²) in [5, 5.41) is 1.17. The summed E-state index contributed by atoms with van der Waals surface area (Å²) in [6.07, 6.45) is 10.6. The van der Waals surface area contributed by atoms with Gasteiger partial charge in [-0.2, -0.15) is 0 Å². The van der Waals surface area contributed by atoms with Crippen LogP contribution in [0.2, 0.25) is 0 Å². The van der Waals surface area contributed by atoms with Gasteiger partial charge in [0.15, 0.2) is 0 Å². The van der Waals surface area contributed by atoms with Gasteiger partial charge < -0.3 is 4.90 Å². The van der Waals surface area contributed by atoms with Crippen LogP contribution in [0.15, 0.2) is 63.9 Å². The Morgan fingerprint density at radius 3 is 2.70 bits per heavy atom. The number of nitrogens with zero attached hydrogens (tertiary/aromatic N) is 2. The normalized spacial score (nSPS) is 19.4. The summed E-state index contributed by atoms with van der Waals surface area (Å²) in [5.41, 5.74) is 1.26. The quantitative estimate of drug-likeness (QED) is 0.225. The lowest BCUT2D eigenvalue weighted by atomic mass is 10.2. The van der Waals surface area contributed by atoms with E-state index in [0.717, 1.165) is 6.54 Å². The van der Waals surface area contributed by atoms with E-state index in [2.05, 4.69) is 48.7 Å². The number of allylic oxidation sites excluding steroid dienone is 2. The molecular formula is C21H24N2OS3. The van der Waals surface area contributed by atoms with Gasteiger partial charge in [0, 0.05) is 18.0 Å². The van der Waals surface area contributed by atoms with Gasteiger partial charge in [-0.05, 0) is 30.7 Å². The van der Waals surface area contributed by atoms with E-state index in [4.69, 9.17) is 12.2 Å². The molecule has 6 heteroatoms. The number of carbonyl (C=O) groups is 1. The number of anilines is 1. The van der Waals surface area contributed by atoms with Crippen LogP contribution in [0.25, 0.3) is 0 Å². The highest BCUT2D eigenvalue weighted by Crippen LogP contribution is 2.46. The molecule has 0 spiro atoms. The minimum Gasteiger partial charge on any atom is -0.335 e. The van der Waals surface area contributed by atoms with Crippen LogP contribution in [0.3, 0.4) is 0 Å². The van der Waals surface area contributed by atoms with E-state index in [0.29, 0.717) is 15.8 Å². The van der Waals surface area contributed by atoms with Crippen molar-refractivity contribution in [3.8, 4) is 0 Å². The van der Waals surface area contributed by atoms with Crippen molar-refractivity contribution in [3.05, 3.63) is 59.0 Å². The number of hydrogen-bond acceptors (Lipinski definition) is 5. The minimum atomic E-state index is -0.0308. The van der Waals surface area contributed by atoms with Gasteiger partial charge in [-0.15, -0.1) is 6.58 Å². The molecule has 2 aliphatic rings. The SMILES string of the molecule is C=CCN1C(=O)/C(=C\C=C2/Sc3ccccc3N2CCCCCC)SC1=S. The first-order valence-electron chi connectivity index (χ1n) is 9.26. The van der Waals surface area contributed by atoms with Crippen molar-refractivity contribution in [3.63, 3.8) is 0 Å². The number of rotatable bonds is 8. The molecule has 1 saturated heterocycles. The van der Waals surface area contributed by atoms with E-state index in [-0.39, 0.29) is 5.91 Å². The van der Waals surface area contributed by atoms with Gasteiger partial charge in [-0.3, -0.25) is 9.69 Å². The van der Waals surface area contributed by atoms with Crippen molar-refractivity contribution in [1.29, 1.82) is 0 Å². The topological polar surface area (TPSA) is 23.6 Å². The monoisotopic (exact) mass is 416 g/mol. The molecule has 2 heterocycles. The number of amides is 1. The van der Waals surface area contributed by atoms with Crippen LogP contribution >= 0.6 is 35.7 Å². The molecule has 0 saturated carbocycles. The number of carbonyl (C=O) groups excluding carboxylic acids is 1. The Bertz CT molecular complexity index is 800. The molecule has 0 aromatic heterocycles. The first-order chi connectivity index (χ1) is 13.2. The fourth-order valence-corrected chi connectivity index (χ4v) is 5.36. The van der Waals surface area contributed by atoms with Crippen molar-refractivity contribution in [1.82, 2.24) is 4.90 Å². The van der Waals surface area contributed by atoms with Gasteiger partial charge in [0.25, 0.3) is 5.91 Å². The Hall–Kier alpha value is -1.50. The van der Waals surface area contributed by atoms with E-state index in [1.165, 1.54) is 53.1 Å². The van der Waals surface area contributed by atoms with E-state index in [9.17, 15) is 4.79 Å². The number of thioether (sulfide) groups is 2. The minimum absolute atomic E-state index is 0.0308. The molecule has 0 aliphatic carbocycles. The second-order valence-corrected chi connectivity index (χ2v) is 9.13. The maximum atomic E-state index is 12.5. The number of fused-ring (bicyclic) bond motifs is 1. The largest absolute Gasteiger partial charge is 0.335 e. The van der Waals surface area contributed by atoms with Crippen LogP contribution in [0.5, 0.6) is 0 Å². The fraction of sp³-hybridized carbons (Fsp3) is 0.333. The number of para-hydroxylation sites is 1. The first-order valence-corrected chi connectivity index (χ1v) is 11.3. The lowest BCUT2D eigenvalue weighted by Gasteiger charge is -2.20. The Labute approximate surface area is 175 Å². The number of hydrogen-bond donors (Lipinski definition) is 0. The Balaban J connectivity index is 1.78. The number of unbranched alkanes of at least 4 members (excludes halogenated alkanes) is 3. The highest BCUT2D eigenvalue weighted by Gasteiger charge is 2.31. The van der Waals surface area contributed by atoms with Gasteiger partial charge in [0.05, 0.1) is 15.6 Å². The zero-order chi connectivity index (χ0) is 19.2. The Kier molecular flexibility index (Phi) is 7.21. The predicted octanol–water partition coefficient (Wildman–Crippen LogP) is 5.95. The van der Waals surface area contributed by atoms with E-state index in [1.807, 2.05) is 6.08 Å². The average molecular weight is 417 g/mol. The maximum absolute atomic E-state index is 12.5. The van der Waals surface area contributed by atoms with Crippen LogP contribution in [0.4, 0.5) is 5.69 Å². The van der Waals surface area contributed by atoms with Crippen molar-refractivity contribution in [2.24, 2.45) is 0 Å². The summed E-state index contributed by atoms with van der Waals surface area (Å²) in [6.45, 7) is 7.39. The zero-order valence-electron chi connectivity index (χ0n) is 15.5. The molecule has 3 rings (SSSR count). The third kappa shape index (κ3) is 4.68. The molecule has 0 bridgehead atoms. The predicted molar refractivity (Wildman–Crippen MR) is 122 cm³/mol. The molecule has 1 amide bonds. The lowest BCUT2D eigenvalue weighted by Crippen LogP contribution is -2.27. The molecule has 142 valence electrons. The molecule has 0 N–H and O–H groups in total. The Morgan fingerprint density at radius 1 is 1.11 bits per heavy atom. The molecule has 1 aromatic carbocycles. The summed E-state index contributed by atoms with van der Waals surface area (Å²) in [5.74, 6) is -0.0308. The van der Waals surface area contributed by atoms with Crippen LogP contribution in [-0.2, 0) is 4.79 Å². The molecule has 0 unspecified atom stereocenters. The number of benzene rings is 1. The molecule has 2 aliphatic heterocycles. The second-order valence-electron chi connectivity index (χ2n) is 6.39. The Morgan fingerprint density at radius 2 is 1.93 bits per heavy atom. The van der Waals surface area contributed by atoms with Crippen LogP contribution in [0, 0.1) is 0 Å². The third-order valence-electron chi connectivity index (χ3n) is 4.43. The van der Waals surface area contributed by atoms with Crippen molar-refractivity contribution < 1.29 is 4.79 Å². The third-order valence-corrected chi connectivity index (χ3v) is 6.96. The summed E-state index contributed by atoms with van der Waals surface area (Å²) in [7, 11) is 0. The van der Waals surface area contributed by atoms with E-state index in [1.54, 1.807) is 22.7 Å². The summed E-state index contributed by atoms with van der Waals surface area (Å²) < 4.78 is 0.600. The molecule has 1 fully saturated rings. The maximum Gasteiger partial charge on any atom is 0.266 e. The van der Waals surface area contributed by atoms with Gasteiger partial charge in [-0.25, -0.2) is 0 Å². The standard InChI is InChI=1S/C21H24N2OS3/c1-3-5-6-9-15-22-16-10-7-8-11-17(16)26-19(22)13-12-18-20(24)23(14-4-2)21(25)27-18/h4,7-8,10-13H,2-3,5-6,9,14-15H2,1H3/b18-12+,19-13-.